The van der Waals surface area contributed by atoms with Crippen LogP contribution in [0.5, 0.6) is 0 Å². The van der Waals surface area contributed by atoms with E-state index in [1.165, 1.54) is 10.7 Å². The Hall–Kier alpha value is -5.87. The molecule has 6 aromatic rings. The minimum Gasteiger partial charge on any atom is -0.346 e. The van der Waals surface area contributed by atoms with Gasteiger partial charge in [0, 0.05) is 48.1 Å². The summed E-state index contributed by atoms with van der Waals surface area (Å²) in [6, 6.07) is 7.81. The smallest absolute Gasteiger partial charge is 0.293 e. The van der Waals surface area contributed by atoms with Crippen molar-refractivity contribution in [3.05, 3.63) is 111 Å². The van der Waals surface area contributed by atoms with Gasteiger partial charge < -0.3 is 9.88 Å². The lowest BCUT2D eigenvalue weighted by atomic mass is 9.93. The van der Waals surface area contributed by atoms with E-state index in [0.29, 0.717) is 33.2 Å². The number of halogens is 7. The number of fused-ring (bicyclic) bond motifs is 4. The van der Waals surface area contributed by atoms with Gasteiger partial charge in [0.15, 0.2) is 5.82 Å². The Morgan fingerprint density at radius 3 is 2.43 bits per heavy atom. The van der Waals surface area contributed by atoms with E-state index in [0.717, 1.165) is 18.4 Å². The SMILES string of the molecule is Cc1nccn1C(C)(C)C#Cc1ccc(-c2ccc(Cl)c3c(NS(C)(=O)=O)nn(C)c23)c([C@H](Cc2cc(F)cc(F)c2)NC(=O)Cn2nc(C(F)F)c3c2C(F)(F)[C@@H]2C[C@H]32)n1. The molecule has 12 nitrogen and oxygen atoms in total. The zero-order valence-corrected chi connectivity index (χ0v) is 34.6. The molecule has 2 aliphatic carbocycles. The molecule has 0 saturated heterocycles. The first-order valence-electron chi connectivity index (χ1n) is 18.8. The van der Waals surface area contributed by atoms with Crippen LogP contribution >= 0.6 is 11.6 Å². The van der Waals surface area contributed by atoms with Crippen LogP contribution in [0, 0.1) is 36.3 Å². The number of hydrogen-bond donors (Lipinski definition) is 2. The van der Waals surface area contributed by atoms with Crippen molar-refractivity contribution in [2.75, 3.05) is 11.0 Å². The third-order valence-electron chi connectivity index (χ3n) is 10.8. The molecule has 1 fully saturated rings. The lowest BCUT2D eigenvalue weighted by molar-refractivity contribution is -0.123. The second kappa shape index (κ2) is 14.9. The first-order chi connectivity index (χ1) is 28.6. The molecule has 2 aromatic carbocycles. The summed E-state index contributed by atoms with van der Waals surface area (Å²) in [6.07, 6.45) is 0.876. The Labute approximate surface area is 350 Å². The molecule has 3 atom stereocenters. The number of pyridine rings is 1. The second-order valence-electron chi connectivity index (χ2n) is 15.7. The first-order valence-corrected chi connectivity index (χ1v) is 21.1. The molecule has 0 aliphatic heterocycles. The summed E-state index contributed by atoms with van der Waals surface area (Å²) in [5.41, 5.74) is -1.25. The maximum absolute atomic E-state index is 15.5. The molecule has 8 rings (SSSR count). The van der Waals surface area contributed by atoms with Crippen molar-refractivity contribution in [2.45, 2.75) is 70.0 Å². The van der Waals surface area contributed by atoms with Crippen molar-refractivity contribution in [1.29, 1.82) is 0 Å². The minimum atomic E-state index is -3.83. The van der Waals surface area contributed by atoms with Crippen molar-refractivity contribution < 1.29 is 39.6 Å². The van der Waals surface area contributed by atoms with Crippen molar-refractivity contribution in [3.63, 3.8) is 0 Å². The molecule has 0 unspecified atom stereocenters. The number of anilines is 1. The van der Waals surface area contributed by atoms with Crippen LogP contribution in [0.4, 0.5) is 32.2 Å². The predicted octanol–water partition coefficient (Wildman–Crippen LogP) is 7.67. The predicted molar refractivity (Wildman–Crippen MR) is 213 cm³/mol. The van der Waals surface area contributed by atoms with E-state index in [1.807, 2.05) is 25.3 Å². The van der Waals surface area contributed by atoms with E-state index in [1.54, 1.807) is 37.6 Å². The Kier molecular flexibility index (Phi) is 10.2. The van der Waals surface area contributed by atoms with E-state index >= 15 is 8.78 Å². The standard InChI is InChI=1S/C41H36ClF6N9O3S/c1-20-49-12-13-56(20)40(2,3)11-10-24-6-7-25(26-8-9-29(42)33-36(26)55(4)53-39(33)54-61(5,59)60)34(50-24)30(16-21-14-22(43)17-23(44)15-21)51-31(58)19-57-37-32(35(52-57)38(45)46)27-18-28(27)41(37,47)48/h6-9,12-15,17,27-28,30,38H,16,18-19H2,1-5H3,(H,51,58)(H,53,54)/t27-,28+,30-/m0/s1. The van der Waals surface area contributed by atoms with Crippen molar-refractivity contribution in [2.24, 2.45) is 13.0 Å². The average molecular weight is 884 g/mol. The van der Waals surface area contributed by atoms with Gasteiger partial charge in [-0.2, -0.15) is 19.0 Å². The fourth-order valence-corrected chi connectivity index (χ4v) is 9.00. The van der Waals surface area contributed by atoms with Gasteiger partial charge in [-0.05, 0) is 81.3 Å². The van der Waals surface area contributed by atoms with Gasteiger partial charge in [0.05, 0.1) is 33.9 Å². The van der Waals surface area contributed by atoms with Crippen LogP contribution in [0.3, 0.4) is 0 Å². The number of nitrogens with one attached hydrogen (secondary N) is 2. The zero-order chi connectivity index (χ0) is 43.9. The zero-order valence-electron chi connectivity index (χ0n) is 33.0. The van der Waals surface area contributed by atoms with E-state index in [9.17, 15) is 30.8 Å². The number of sulfonamides is 1. The van der Waals surface area contributed by atoms with Crippen LogP contribution in [0.2, 0.25) is 5.02 Å². The number of rotatable bonds is 11. The number of amides is 1. The summed E-state index contributed by atoms with van der Waals surface area (Å²) in [7, 11) is -2.28. The lowest BCUT2D eigenvalue weighted by Gasteiger charge is -2.23. The summed E-state index contributed by atoms with van der Waals surface area (Å²) in [4.78, 5) is 23.3. The number of benzene rings is 2. The van der Waals surface area contributed by atoms with Gasteiger partial charge in [0.25, 0.3) is 12.3 Å². The van der Waals surface area contributed by atoms with Crippen molar-refractivity contribution in [1.82, 2.24) is 39.4 Å². The van der Waals surface area contributed by atoms with Gasteiger partial charge in [0.1, 0.15) is 46.6 Å². The van der Waals surface area contributed by atoms with Crippen LogP contribution in [-0.4, -0.2) is 54.7 Å². The van der Waals surface area contributed by atoms with Gasteiger partial charge in [-0.1, -0.05) is 23.6 Å². The van der Waals surface area contributed by atoms with Gasteiger partial charge in [0.2, 0.25) is 15.9 Å². The largest absolute Gasteiger partial charge is 0.346 e. The van der Waals surface area contributed by atoms with E-state index in [4.69, 9.17) is 16.6 Å². The molecule has 4 aromatic heterocycles. The third kappa shape index (κ3) is 7.82. The van der Waals surface area contributed by atoms with Crippen LogP contribution in [0.15, 0.2) is 54.9 Å². The summed E-state index contributed by atoms with van der Waals surface area (Å²) in [5, 5.41) is 11.3. The number of carbonyl (C=O) groups is 1. The molecular formula is C41H36ClF6N9O3S. The Balaban J connectivity index is 1.29. The number of nitrogens with zero attached hydrogens (tertiary/aromatic N) is 7. The van der Waals surface area contributed by atoms with Crippen molar-refractivity contribution in [3.8, 4) is 23.0 Å². The lowest BCUT2D eigenvalue weighted by Crippen LogP contribution is -2.35. The number of alkyl halides is 4. The Morgan fingerprint density at radius 1 is 1.07 bits per heavy atom. The second-order valence-corrected chi connectivity index (χ2v) is 17.9. The van der Waals surface area contributed by atoms with Gasteiger partial charge in [-0.25, -0.2) is 35.9 Å². The molecule has 4 heterocycles. The third-order valence-corrected chi connectivity index (χ3v) is 11.7. The van der Waals surface area contributed by atoms with E-state index in [2.05, 4.69) is 37.1 Å². The monoisotopic (exact) mass is 883 g/mol. The summed E-state index contributed by atoms with van der Waals surface area (Å²) < 4.78 is 119. The number of aromatic nitrogens is 7. The maximum atomic E-state index is 15.5. The average Bonchev–Trinajstić information content (AvgIpc) is 3.37. The normalized spacial score (nSPS) is 17.2. The number of aryl methyl sites for hydroxylation is 2. The first kappa shape index (κ1) is 41.8. The maximum Gasteiger partial charge on any atom is 0.293 e. The fraction of sp³-hybridized carbons (Fsp3) is 0.341. The van der Waals surface area contributed by atoms with Crippen LogP contribution < -0.4 is 10.0 Å². The fourth-order valence-electron chi connectivity index (χ4n) is 8.26. The Bertz CT molecular complexity index is 2930. The Morgan fingerprint density at radius 2 is 1.77 bits per heavy atom. The molecule has 2 N–H and O–H groups in total. The highest BCUT2D eigenvalue weighted by atomic mass is 35.5. The summed E-state index contributed by atoms with van der Waals surface area (Å²) in [5.74, 6) is -1.38. The topological polar surface area (TPSA) is 142 Å². The molecule has 61 heavy (non-hydrogen) atoms. The molecule has 2 aliphatic rings. The van der Waals surface area contributed by atoms with E-state index in [-0.39, 0.29) is 51.6 Å². The van der Waals surface area contributed by atoms with Gasteiger partial charge in [-0.15, -0.1) is 0 Å². The molecule has 0 radical (unpaired) electrons. The summed E-state index contributed by atoms with van der Waals surface area (Å²) >= 11 is 6.64. The van der Waals surface area contributed by atoms with Crippen LogP contribution in [0.25, 0.3) is 22.0 Å². The highest BCUT2D eigenvalue weighted by molar-refractivity contribution is 7.92. The quantitative estimate of drug-likeness (QED) is 0.101. The highest BCUT2D eigenvalue weighted by Crippen LogP contribution is 2.68. The molecular weight excluding hydrogens is 848 g/mol. The van der Waals surface area contributed by atoms with Crippen LogP contribution in [-0.2, 0) is 46.3 Å². The summed E-state index contributed by atoms with van der Waals surface area (Å²) in [6.45, 7) is 4.63. The number of imidazole rings is 1. The molecule has 20 heteroatoms. The van der Waals surface area contributed by atoms with Gasteiger partial charge in [-0.3, -0.25) is 18.9 Å². The molecule has 0 spiro atoms. The molecule has 0 bridgehead atoms. The van der Waals surface area contributed by atoms with E-state index < -0.39 is 81.3 Å². The molecule has 1 saturated carbocycles. The van der Waals surface area contributed by atoms with Crippen LogP contribution in [0.1, 0.15) is 78.4 Å². The molecule has 1 amide bonds. The minimum absolute atomic E-state index is 0.0249. The van der Waals surface area contributed by atoms with Gasteiger partial charge >= 0.3 is 0 Å². The number of hydrogen-bond acceptors (Lipinski definition) is 7. The number of carbonyl (C=O) groups excluding carboxylic acids is 1. The highest BCUT2D eigenvalue weighted by Gasteiger charge is 2.67. The molecule has 318 valence electrons. The van der Waals surface area contributed by atoms with Crippen molar-refractivity contribution >= 4 is 44.3 Å².